The zero-order valence-corrected chi connectivity index (χ0v) is 16.0. The van der Waals surface area contributed by atoms with Crippen molar-refractivity contribution in [3.8, 4) is 0 Å². The third kappa shape index (κ3) is 4.60. The molecule has 116 valence electrons. The van der Waals surface area contributed by atoms with Gasteiger partial charge in [-0.1, -0.05) is 20.8 Å². The number of aromatic nitrogens is 1. The maximum atomic E-state index is 5.14. The van der Waals surface area contributed by atoms with E-state index in [0.717, 1.165) is 21.0 Å². The van der Waals surface area contributed by atoms with Gasteiger partial charge in [-0.2, -0.15) is 0 Å². The molecule has 0 saturated heterocycles. The van der Waals surface area contributed by atoms with Crippen molar-refractivity contribution in [2.24, 2.45) is 0 Å². The van der Waals surface area contributed by atoms with E-state index in [-0.39, 0.29) is 11.5 Å². The molecule has 0 aliphatic heterocycles. The molecule has 0 aliphatic rings. The van der Waals surface area contributed by atoms with E-state index in [9.17, 15) is 0 Å². The first-order valence-electron chi connectivity index (χ1n) is 6.85. The quantitative estimate of drug-likeness (QED) is 0.734. The summed E-state index contributed by atoms with van der Waals surface area (Å²) < 4.78 is 6.29. The molecule has 0 fully saturated rings. The highest BCUT2D eigenvalue weighted by molar-refractivity contribution is 9.11. The summed E-state index contributed by atoms with van der Waals surface area (Å²) in [6.07, 6.45) is 0. The second-order valence-electron chi connectivity index (χ2n) is 5.84. The lowest BCUT2D eigenvalue weighted by Gasteiger charge is -2.17. The van der Waals surface area contributed by atoms with Crippen LogP contribution in [0.5, 0.6) is 0 Å². The van der Waals surface area contributed by atoms with E-state index in [2.05, 4.69) is 59.5 Å². The molecule has 6 heteroatoms. The highest BCUT2D eigenvalue weighted by Crippen LogP contribution is 2.34. The number of nitrogens with zero attached hydrogens (tertiary/aromatic N) is 1. The molecule has 2 aromatic rings. The van der Waals surface area contributed by atoms with Crippen molar-refractivity contribution in [1.82, 2.24) is 10.3 Å². The molecular weight excluding hydrogens is 368 g/mol. The maximum Gasteiger partial charge on any atom is 0.115 e. The number of hydrogen-bond acceptors (Lipinski definition) is 5. The minimum atomic E-state index is 0.0852. The molecule has 3 nitrogen and oxygen atoms in total. The monoisotopic (exact) mass is 388 g/mol. The Bertz CT molecular complexity index is 574. The summed E-state index contributed by atoms with van der Waals surface area (Å²) in [5, 5.41) is 6.83. The zero-order valence-electron chi connectivity index (χ0n) is 12.8. The topological polar surface area (TPSA) is 34.1 Å². The summed E-state index contributed by atoms with van der Waals surface area (Å²) in [4.78, 5) is 6.12. The van der Waals surface area contributed by atoms with Crippen LogP contribution in [0.25, 0.3) is 0 Å². The minimum Gasteiger partial charge on any atom is -0.383 e. The molecule has 1 atom stereocenters. The molecule has 1 unspecified atom stereocenters. The van der Waals surface area contributed by atoms with Crippen LogP contribution < -0.4 is 5.32 Å². The van der Waals surface area contributed by atoms with E-state index >= 15 is 0 Å². The maximum absolute atomic E-state index is 5.14. The molecule has 0 saturated carbocycles. The van der Waals surface area contributed by atoms with E-state index in [0.29, 0.717) is 6.61 Å². The van der Waals surface area contributed by atoms with Gasteiger partial charge in [0.05, 0.1) is 22.1 Å². The summed E-state index contributed by atoms with van der Waals surface area (Å²) in [5.41, 5.74) is 1.23. The Balaban J connectivity index is 2.24. The summed E-state index contributed by atoms with van der Waals surface area (Å²) in [5.74, 6) is 0. The molecule has 2 rings (SSSR count). The molecule has 2 heterocycles. The Kier molecular flexibility index (Phi) is 5.96. The van der Waals surface area contributed by atoms with Crippen LogP contribution in [0.15, 0.2) is 21.3 Å². The Morgan fingerprint density at radius 3 is 2.67 bits per heavy atom. The van der Waals surface area contributed by atoms with E-state index in [1.165, 1.54) is 4.88 Å². The molecule has 0 amide bonds. The largest absolute Gasteiger partial charge is 0.383 e. The van der Waals surface area contributed by atoms with Crippen LogP contribution in [-0.4, -0.2) is 25.2 Å². The van der Waals surface area contributed by atoms with Crippen LogP contribution in [0.1, 0.15) is 42.4 Å². The fourth-order valence-corrected chi connectivity index (χ4v) is 4.58. The summed E-state index contributed by atoms with van der Waals surface area (Å²) in [7, 11) is 1.72. The molecule has 0 bridgehead atoms. The molecule has 0 spiro atoms. The number of ether oxygens (including phenoxy) is 1. The first kappa shape index (κ1) is 17.1. The molecular formula is C15H21BrN2OS2. The lowest BCUT2D eigenvalue weighted by Crippen LogP contribution is -2.25. The first-order chi connectivity index (χ1) is 9.91. The van der Waals surface area contributed by atoms with E-state index in [1.54, 1.807) is 29.8 Å². The Morgan fingerprint density at radius 2 is 2.14 bits per heavy atom. The fraction of sp³-hybridized carbons (Fsp3) is 0.533. The lowest BCUT2D eigenvalue weighted by molar-refractivity contribution is 0.197. The average Bonchev–Trinajstić information content (AvgIpc) is 3.03. The average molecular weight is 389 g/mol. The Morgan fingerprint density at radius 1 is 1.38 bits per heavy atom. The highest BCUT2D eigenvalue weighted by atomic mass is 79.9. The van der Waals surface area contributed by atoms with E-state index in [1.807, 2.05) is 0 Å². The van der Waals surface area contributed by atoms with Gasteiger partial charge >= 0.3 is 0 Å². The summed E-state index contributed by atoms with van der Waals surface area (Å²) in [6.45, 7) is 8.09. The molecule has 2 aromatic heterocycles. The fourth-order valence-electron chi connectivity index (χ4n) is 1.86. The van der Waals surface area contributed by atoms with Gasteiger partial charge in [-0.25, -0.2) is 4.98 Å². The molecule has 1 N–H and O–H groups in total. The van der Waals surface area contributed by atoms with Crippen LogP contribution in [-0.2, 0) is 10.2 Å². The normalized spacial score (nSPS) is 13.6. The van der Waals surface area contributed by atoms with Gasteiger partial charge in [-0.3, -0.25) is 0 Å². The van der Waals surface area contributed by atoms with Crippen molar-refractivity contribution in [3.05, 3.63) is 36.9 Å². The number of thiazole rings is 1. The third-order valence-corrected chi connectivity index (χ3v) is 5.67. The smallest absolute Gasteiger partial charge is 0.115 e. The predicted molar refractivity (Wildman–Crippen MR) is 94.6 cm³/mol. The van der Waals surface area contributed by atoms with Crippen molar-refractivity contribution in [1.29, 1.82) is 0 Å². The number of hydrogen-bond donors (Lipinski definition) is 1. The Labute approximate surface area is 142 Å². The predicted octanol–water partition coefficient (Wildman–Crippen LogP) is 4.59. The number of thiophene rings is 1. The molecule has 0 aromatic carbocycles. The van der Waals surface area contributed by atoms with Crippen molar-refractivity contribution in [3.63, 3.8) is 0 Å². The van der Waals surface area contributed by atoms with Crippen LogP contribution >= 0.6 is 38.6 Å². The van der Waals surface area contributed by atoms with E-state index < -0.39 is 0 Å². The zero-order chi connectivity index (χ0) is 15.5. The van der Waals surface area contributed by atoms with Crippen LogP contribution in [0.3, 0.4) is 0 Å². The van der Waals surface area contributed by atoms with Crippen LogP contribution in [0.2, 0.25) is 0 Å². The van der Waals surface area contributed by atoms with E-state index in [4.69, 9.17) is 9.72 Å². The molecule has 0 aliphatic carbocycles. The third-order valence-electron chi connectivity index (χ3n) is 3.07. The van der Waals surface area contributed by atoms with Gasteiger partial charge in [0, 0.05) is 29.3 Å². The van der Waals surface area contributed by atoms with Gasteiger partial charge in [-0.15, -0.1) is 22.7 Å². The van der Waals surface area contributed by atoms with Crippen LogP contribution in [0, 0.1) is 0 Å². The lowest BCUT2D eigenvalue weighted by atomic mass is 9.93. The highest BCUT2D eigenvalue weighted by Gasteiger charge is 2.23. The molecule has 0 radical (unpaired) electrons. The number of halogens is 1. The minimum absolute atomic E-state index is 0.0852. The van der Waals surface area contributed by atoms with Gasteiger partial charge in [0.1, 0.15) is 5.01 Å². The number of nitrogens with one attached hydrogen (secondary N) is 1. The molecule has 21 heavy (non-hydrogen) atoms. The van der Waals surface area contributed by atoms with Gasteiger partial charge in [0.15, 0.2) is 0 Å². The first-order valence-corrected chi connectivity index (χ1v) is 9.34. The van der Waals surface area contributed by atoms with Gasteiger partial charge in [-0.05, 0) is 28.1 Å². The Hall–Kier alpha value is -0.270. The summed E-state index contributed by atoms with van der Waals surface area (Å²) >= 11 is 7.01. The second-order valence-corrected chi connectivity index (χ2v) is 9.23. The van der Waals surface area contributed by atoms with Gasteiger partial charge in [0.25, 0.3) is 0 Å². The van der Waals surface area contributed by atoms with Crippen molar-refractivity contribution in [2.45, 2.75) is 32.2 Å². The van der Waals surface area contributed by atoms with Gasteiger partial charge < -0.3 is 10.1 Å². The van der Waals surface area contributed by atoms with Crippen molar-refractivity contribution in [2.75, 3.05) is 20.3 Å². The summed E-state index contributed by atoms with van der Waals surface area (Å²) in [6, 6.07) is 4.37. The number of methoxy groups -OCH3 is 1. The van der Waals surface area contributed by atoms with Gasteiger partial charge in [0.2, 0.25) is 0 Å². The SMILES string of the molecule is COCCNC(c1ccc(Br)s1)c1nc(C(C)(C)C)cs1. The standard InChI is InChI=1S/C15H21BrN2OS2/c1-15(2,3)11-9-20-14(18-11)13(17-7-8-19-4)10-5-6-12(16)21-10/h5-6,9,13,17H,7-8H2,1-4H3. The van der Waals surface area contributed by atoms with Crippen molar-refractivity contribution < 1.29 is 4.74 Å². The van der Waals surface area contributed by atoms with Crippen LogP contribution in [0.4, 0.5) is 0 Å². The van der Waals surface area contributed by atoms with Crippen molar-refractivity contribution >= 4 is 38.6 Å². The number of rotatable bonds is 6. The second kappa shape index (κ2) is 7.33.